The Hall–Kier alpha value is -2.26. The Morgan fingerprint density at radius 3 is 2.71 bits per heavy atom. The summed E-state index contributed by atoms with van der Waals surface area (Å²) in [7, 11) is 0. The van der Waals surface area contributed by atoms with Crippen molar-refractivity contribution in [2.45, 2.75) is 13.8 Å². The molecule has 0 fully saturated rings. The largest absolute Gasteiger partial charge is 0.449 e. The summed E-state index contributed by atoms with van der Waals surface area (Å²) in [5, 5.41) is 1.42. The molecule has 0 bridgehead atoms. The number of hydrogen-bond donors (Lipinski definition) is 0. The average molecular weight is 301 g/mol. The van der Waals surface area contributed by atoms with Gasteiger partial charge in [-0.25, -0.2) is 4.79 Å². The van der Waals surface area contributed by atoms with Gasteiger partial charge in [0, 0.05) is 16.0 Å². The van der Waals surface area contributed by atoms with Crippen LogP contribution >= 0.6 is 11.6 Å². The maximum absolute atomic E-state index is 12.3. The van der Waals surface area contributed by atoms with E-state index in [0.717, 1.165) is 16.5 Å². The van der Waals surface area contributed by atoms with Crippen LogP contribution in [0.5, 0.6) is 5.75 Å². The third kappa shape index (κ3) is 2.65. The number of esters is 1. The van der Waals surface area contributed by atoms with Crippen molar-refractivity contribution in [2.75, 3.05) is 0 Å². The lowest BCUT2D eigenvalue weighted by atomic mass is 10.1. The van der Waals surface area contributed by atoms with Gasteiger partial charge in [-0.3, -0.25) is 0 Å². The van der Waals surface area contributed by atoms with Crippen LogP contribution in [-0.2, 0) is 0 Å². The monoisotopic (exact) mass is 300 g/mol. The molecule has 0 atom stereocenters. The molecule has 0 aliphatic carbocycles. The molecule has 0 saturated heterocycles. The Morgan fingerprint density at radius 1 is 1.14 bits per heavy atom. The van der Waals surface area contributed by atoms with Gasteiger partial charge in [-0.1, -0.05) is 23.7 Å². The van der Waals surface area contributed by atoms with Crippen molar-refractivity contribution in [2.24, 2.45) is 0 Å². The molecule has 0 radical (unpaired) electrons. The van der Waals surface area contributed by atoms with Crippen molar-refractivity contribution in [1.82, 2.24) is 0 Å². The van der Waals surface area contributed by atoms with Gasteiger partial charge in [0.2, 0.25) is 5.76 Å². The normalized spacial score (nSPS) is 10.8. The SMILES string of the molecule is Cc1cccc(OC(=O)c2oc3ccc(Cl)cc3c2C)c1. The highest BCUT2D eigenvalue weighted by molar-refractivity contribution is 6.31. The van der Waals surface area contributed by atoms with E-state index < -0.39 is 5.97 Å². The van der Waals surface area contributed by atoms with Gasteiger partial charge in [0.05, 0.1) is 0 Å². The lowest BCUT2D eigenvalue weighted by Crippen LogP contribution is -2.08. The van der Waals surface area contributed by atoms with Gasteiger partial charge in [-0.15, -0.1) is 0 Å². The van der Waals surface area contributed by atoms with Crippen LogP contribution in [0.1, 0.15) is 21.7 Å². The third-order valence-corrected chi connectivity index (χ3v) is 3.52. The van der Waals surface area contributed by atoms with E-state index in [-0.39, 0.29) is 5.76 Å². The van der Waals surface area contributed by atoms with E-state index in [1.54, 1.807) is 30.3 Å². The molecule has 0 unspecified atom stereocenters. The van der Waals surface area contributed by atoms with Gasteiger partial charge in [-0.05, 0) is 49.7 Å². The molecule has 0 spiro atoms. The molecular formula is C17H13ClO3. The lowest BCUT2D eigenvalue weighted by Gasteiger charge is -2.03. The maximum Gasteiger partial charge on any atom is 0.379 e. The van der Waals surface area contributed by atoms with Crippen molar-refractivity contribution in [3.8, 4) is 5.75 Å². The summed E-state index contributed by atoms with van der Waals surface area (Å²) in [5.41, 5.74) is 2.37. The zero-order chi connectivity index (χ0) is 15.0. The topological polar surface area (TPSA) is 39.4 Å². The molecule has 1 aromatic heterocycles. The number of halogens is 1. The number of hydrogen-bond acceptors (Lipinski definition) is 3. The van der Waals surface area contributed by atoms with E-state index in [2.05, 4.69) is 0 Å². The van der Waals surface area contributed by atoms with Crippen LogP contribution in [-0.4, -0.2) is 5.97 Å². The van der Waals surface area contributed by atoms with E-state index in [0.29, 0.717) is 16.4 Å². The minimum atomic E-state index is -0.509. The number of carbonyl (C=O) groups excluding carboxylic acids is 1. The van der Waals surface area contributed by atoms with Gasteiger partial charge in [0.1, 0.15) is 11.3 Å². The van der Waals surface area contributed by atoms with Crippen LogP contribution in [0.4, 0.5) is 0 Å². The molecule has 0 amide bonds. The highest BCUT2D eigenvalue weighted by atomic mass is 35.5. The Bertz CT molecular complexity index is 833. The predicted octanol–water partition coefficient (Wildman–Crippen LogP) is 4.92. The Morgan fingerprint density at radius 2 is 1.95 bits per heavy atom. The van der Waals surface area contributed by atoms with Crippen LogP contribution in [0.2, 0.25) is 5.02 Å². The number of aryl methyl sites for hydroxylation is 2. The summed E-state index contributed by atoms with van der Waals surface area (Å²) >= 11 is 5.97. The Labute approximate surface area is 127 Å². The molecule has 106 valence electrons. The zero-order valence-corrected chi connectivity index (χ0v) is 12.4. The molecule has 0 aliphatic heterocycles. The highest BCUT2D eigenvalue weighted by Gasteiger charge is 2.19. The molecule has 3 aromatic rings. The number of ether oxygens (including phenoxy) is 1. The van der Waals surface area contributed by atoms with E-state index in [1.165, 1.54) is 0 Å². The zero-order valence-electron chi connectivity index (χ0n) is 11.6. The van der Waals surface area contributed by atoms with Crippen LogP contribution in [0.3, 0.4) is 0 Å². The fourth-order valence-corrected chi connectivity index (χ4v) is 2.39. The van der Waals surface area contributed by atoms with Crippen molar-refractivity contribution in [1.29, 1.82) is 0 Å². The van der Waals surface area contributed by atoms with Gasteiger partial charge in [0.15, 0.2) is 0 Å². The number of furan rings is 1. The first-order valence-electron chi connectivity index (χ1n) is 6.52. The Balaban J connectivity index is 1.96. The first kappa shape index (κ1) is 13.7. The van der Waals surface area contributed by atoms with Crippen molar-refractivity contribution in [3.63, 3.8) is 0 Å². The molecule has 0 aliphatic rings. The van der Waals surface area contributed by atoms with Crippen molar-refractivity contribution in [3.05, 3.63) is 64.4 Å². The second-order valence-electron chi connectivity index (χ2n) is 4.90. The summed E-state index contributed by atoms with van der Waals surface area (Å²) in [6.45, 7) is 3.75. The standard InChI is InChI=1S/C17H13ClO3/c1-10-4-3-5-13(8-10)20-17(19)16-11(2)14-9-12(18)6-7-15(14)21-16/h3-9H,1-2H3. The van der Waals surface area contributed by atoms with E-state index >= 15 is 0 Å². The first-order chi connectivity index (χ1) is 10.0. The number of fused-ring (bicyclic) bond motifs is 1. The van der Waals surface area contributed by atoms with Crippen molar-refractivity contribution < 1.29 is 13.9 Å². The fourth-order valence-electron chi connectivity index (χ4n) is 2.22. The van der Waals surface area contributed by atoms with Crippen LogP contribution in [0.25, 0.3) is 11.0 Å². The highest BCUT2D eigenvalue weighted by Crippen LogP contribution is 2.28. The molecular weight excluding hydrogens is 288 g/mol. The predicted molar refractivity (Wildman–Crippen MR) is 82.1 cm³/mol. The molecule has 3 nitrogen and oxygen atoms in total. The van der Waals surface area contributed by atoms with Crippen LogP contribution < -0.4 is 4.74 Å². The second kappa shape index (κ2) is 5.26. The molecule has 0 saturated carbocycles. The molecule has 4 heteroatoms. The quantitative estimate of drug-likeness (QED) is 0.498. The van der Waals surface area contributed by atoms with Gasteiger partial charge in [-0.2, -0.15) is 0 Å². The van der Waals surface area contributed by atoms with Gasteiger partial charge in [0.25, 0.3) is 0 Å². The average Bonchev–Trinajstić information content (AvgIpc) is 2.76. The maximum atomic E-state index is 12.3. The summed E-state index contributed by atoms with van der Waals surface area (Å²) < 4.78 is 10.9. The number of rotatable bonds is 2. The smallest absolute Gasteiger partial charge is 0.379 e. The molecule has 1 heterocycles. The van der Waals surface area contributed by atoms with E-state index in [1.807, 2.05) is 26.0 Å². The van der Waals surface area contributed by atoms with Gasteiger partial charge < -0.3 is 9.15 Å². The first-order valence-corrected chi connectivity index (χ1v) is 6.90. The Kier molecular flexibility index (Phi) is 3.43. The van der Waals surface area contributed by atoms with Crippen LogP contribution in [0.15, 0.2) is 46.9 Å². The molecule has 21 heavy (non-hydrogen) atoms. The molecule has 0 N–H and O–H groups in total. The molecule has 3 rings (SSSR count). The van der Waals surface area contributed by atoms with E-state index in [9.17, 15) is 4.79 Å². The summed E-state index contributed by atoms with van der Waals surface area (Å²) in [5.74, 6) is 0.192. The lowest BCUT2D eigenvalue weighted by molar-refractivity contribution is 0.0703. The fraction of sp³-hybridized carbons (Fsp3) is 0.118. The minimum Gasteiger partial charge on any atom is -0.449 e. The summed E-state index contributed by atoms with van der Waals surface area (Å²) in [6.07, 6.45) is 0. The second-order valence-corrected chi connectivity index (χ2v) is 5.34. The third-order valence-electron chi connectivity index (χ3n) is 3.28. The summed E-state index contributed by atoms with van der Waals surface area (Å²) in [4.78, 5) is 12.3. The van der Waals surface area contributed by atoms with Gasteiger partial charge >= 0.3 is 5.97 Å². The number of carbonyl (C=O) groups is 1. The number of benzene rings is 2. The van der Waals surface area contributed by atoms with Crippen LogP contribution in [0, 0.1) is 13.8 Å². The molecule has 2 aromatic carbocycles. The van der Waals surface area contributed by atoms with E-state index in [4.69, 9.17) is 20.8 Å². The summed E-state index contributed by atoms with van der Waals surface area (Å²) in [6, 6.07) is 12.6. The van der Waals surface area contributed by atoms with Crippen molar-refractivity contribution >= 4 is 28.5 Å². The minimum absolute atomic E-state index is 0.203.